The third kappa shape index (κ3) is 8.43. The van der Waals surface area contributed by atoms with Gasteiger partial charge in [-0.1, -0.05) is 146 Å². The quantitative estimate of drug-likeness (QED) is 0.142. The first kappa shape index (κ1) is 45.8. The van der Waals surface area contributed by atoms with Crippen LogP contribution < -0.4 is 0 Å². The molecule has 0 bridgehead atoms. The van der Waals surface area contributed by atoms with Gasteiger partial charge in [0.1, 0.15) is 0 Å². The third-order valence-corrected chi connectivity index (χ3v) is 13.0. The van der Waals surface area contributed by atoms with Crippen LogP contribution in [0.5, 0.6) is 0 Å². The molecule has 0 saturated heterocycles. The van der Waals surface area contributed by atoms with Crippen LogP contribution in [0, 0.1) is 22.7 Å². The predicted octanol–water partition coefficient (Wildman–Crippen LogP) is 17.0. The lowest BCUT2D eigenvalue weighted by Crippen LogP contribution is -2.11. The second kappa shape index (κ2) is 18.3. The van der Waals surface area contributed by atoms with Crippen LogP contribution in [0.1, 0.15) is 22.3 Å². The fraction of sp³-hybridized carbons (Fsp3) is 0.0323. The maximum atomic E-state index is 15.6. The van der Waals surface area contributed by atoms with Gasteiger partial charge in [-0.15, -0.1) is 0 Å². The maximum absolute atomic E-state index is 15.6. The van der Waals surface area contributed by atoms with Crippen molar-refractivity contribution in [3.63, 3.8) is 0 Å². The summed E-state index contributed by atoms with van der Waals surface area (Å²) >= 11 is 0. The monoisotopic (exact) mass is 963 g/mol. The first-order valence-electron chi connectivity index (χ1n) is 23.0. The molecule has 11 aromatic rings. The fourth-order valence-corrected chi connectivity index (χ4v) is 9.70. The number of benzene rings is 9. The Morgan fingerprint density at radius 1 is 0.356 bits per heavy atom. The highest BCUT2D eigenvalue weighted by atomic mass is 19.4. The van der Waals surface area contributed by atoms with Crippen LogP contribution in [-0.2, 0) is 12.4 Å². The summed E-state index contributed by atoms with van der Waals surface area (Å²) in [5.74, 6) is 0.0621. The molecule has 0 atom stereocenters. The smallest absolute Gasteiger partial charge is 0.308 e. The van der Waals surface area contributed by atoms with E-state index in [0.717, 1.165) is 12.1 Å². The van der Waals surface area contributed by atoms with E-state index in [1.807, 2.05) is 84.9 Å². The van der Waals surface area contributed by atoms with Gasteiger partial charge in [-0.3, -0.25) is 0 Å². The van der Waals surface area contributed by atoms with Gasteiger partial charge in [0.15, 0.2) is 5.82 Å². The Morgan fingerprint density at radius 3 is 1.15 bits per heavy atom. The zero-order valence-electron chi connectivity index (χ0n) is 38.2. The number of hydrogen-bond donors (Lipinski definition) is 0. The molecule has 350 valence electrons. The van der Waals surface area contributed by atoms with Gasteiger partial charge in [0, 0.05) is 38.6 Å². The van der Waals surface area contributed by atoms with E-state index in [4.69, 9.17) is 9.97 Å². The van der Waals surface area contributed by atoms with Gasteiger partial charge in [-0.05, 0) is 100 Å². The van der Waals surface area contributed by atoms with Crippen LogP contribution in [0.25, 0.3) is 106 Å². The van der Waals surface area contributed by atoms with E-state index in [1.54, 1.807) is 71.3 Å². The predicted molar refractivity (Wildman–Crippen MR) is 274 cm³/mol. The van der Waals surface area contributed by atoms with Crippen LogP contribution in [0.2, 0.25) is 0 Å². The third-order valence-electron chi connectivity index (χ3n) is 13.0. The van der Waals surface area contributed by atoms with Crippen molar-refractivity contribution in [3.8, 4) is 96.2 Å². The highest BCUT2D eigenvalue weighted by molar-refractivity contribution is 6.13. The lowest BCUT2D eigenvalue weighted by atomic mass is 9.88. The average molecular weight is 964 g/mol. The minimum atomic E-state index is -4.91. The lowest BCUT2D eigenvalue weighted by Gasteiger charge is -2.24. The molecule has 0 fully saturated rings. The van der Waals surface area contributed by atoms with Crippen molar-refractivity contribution in [2.45, 2.75) is 12.4 Å². The summed E-state index contributed by atoms with van der Waals surface area (Å²) < 4.78 is 95.1. The number of aromatic nitrogens is 3. The normalized spacial score (nSPS) is 11.7. The van der Waals surface area contributed by atoms with Crippen molar-refractivity contribution in [1.29, 1.82) is 10.5 Å². The number of nitrogens with zero attached hydrogens (tertiary/aromatic N) is 5. The van der Waals surface area contributed by atoms with Crippen LogP contribution in [-0.4, -0.2) is 14.5 Å². The Labute approximate surface area is 414 Å². The molecule has 2 aromatic heterocycles. The van der Waals surface area contributed by atoms with Crippen LogP contribution >= 0.6 is 0 Å². The molecule has 0 amide bonds. The minimum absolute atomic E-state index is 0.0231. The van der Waals surface area contributed by atoms with Gasteiger partial charge in [0.05, 0.1) is 62.5 Å². The fourth-order valence-electron chi connectivity index (χ4n) is 9.70. The van der Waals surface area contributed by atoms with E-state index in [0.29, 0.717) is 77.7 Å². The van der Waals surface area contributed by atoms with Gasteiger partial charge >= 0.3 is 12.4 Å². The molecule has 2 heterocycles. The minimum Gasteiger partial charge on any atom is -0.308 e. The Morgan fingerprint density at radius 2 is 0.740 bits per heavy atom. The molecule has 0 aliphatic carbocycles. The highest BCUT2D eigenvalue weighted by Crippen LogP contribution is 2.50. The molecule has 0 aliphatic rings. The van der Waals surface area contributed by atoms with Crippen molar-refractivity contribution in [3.05, 3.63) is 235 Å². The summed E-state index contributed by atoms with van der Waals surface area (Å²) in [4.78, 5) is 10.0. The van der Waals surface area contributed by atoms with Gasteiger partial charge in [0.2, 0.25) is 0 Å². The highest BCUT2D eigenvalue weighted by Gasteiger charge is 2.37. The van der Waals surface area contributed by atoms with Crippen LogP contribution in [0.3, 0.4) is 0 Å². The number of alkyl halides is 6. The molecule has 0 saturated carbocycles. The standard InChI is InChI=1S/C62H35F6N5/c63-61(64,65)53-25-13-11-23-47(53)51-33-44(60-71-55(38-15-3-1-4-16-38)35-56(72-60)39-17-5-2-6-18-39)34-52(48-24-12-14-26-54(48)62(66,67)68)59(51)73-57-29-27-40(45-21-9-7-19-42(45)36-69)31-49(57)50-32-41(28-30-58(50)73)46-22-10-8-20-43(46)37-70/h1-35H. The van der Waals surface area contributed by atoms with Crippen LogP contribution in [0.15, 0.2) is 212 Å². The van der Waals surface area contributed by atoms with E-state index in [1.165, 1.54) is 48.5 Å². The van der Waals surface area contributed by atoms with Crippen molar-refractivity contribution >= 4 is 21.8 Å². The molecular formula is C62H35F6N5. The van der Waals surface area contributed by atoms with E-state index in [-0.39, 0.29) is 39.3 Å². The number of halogens is 6. The first-order chi connectivity index (χ1) is 35.4. The Hall–Kier alpha value is -9.58. The summed E-state index contributed by atoms with van der Waals surface area (Å²) in [5.41, 5.74) is 4.06. The molecule has 73 heavy (non-hydrogen) atoms. The van der Waals surface area contributed by atoms with Gasteiger partial charge < -0.3 is 4.57 Å². The number of hydrogen-bond acceptors (Lipinski definition) is 4. The molecule has 0 spiro atoms. The Kier molecular flexibility index (Phi) is 11.5. The van der Waals surface area contributed by atoms with Gasteiger partial charge in [0.25, 0.3) is 0 Å². The molecule has 5 nitrogen and oxygen atoms in total. The summed E-state index contributed by atoms with van der Waals surface area (Å²) in [5, 5.41) is 21.5. The van der Waals surface area contributed by atoms with Gasteiger partial charge in [-0.25, -0.2) is 9.97 Å². The zero-order valence-corrected chi connectivity index (χ0v) is 38.2. The van der Waals surface area contributed by atoms with Gasteiger partial charge in [-0.2, -0.15) is 36.9 Å². The second-order valence-corrected chi connectivity index (χ2v) is 17.3. The summed E-state index contributed by atoms with van der Waals surface area (Å²) in [6.45, 7) is 0. The van der Waals surface area contributed by atoms with Crippen molar-refractivity contribution in [2.75, 3.05) is 0 Å². The molecule has 0 unspecified atom stereocenters. The summed E-state index contributed by atoms with van der Waals surface area (Å²) in [6, 6.07) is 62.9. The average Bonchev–Trinajstić information content (AvgIpc) is 3.75. The number of rotatable bonds is 8. The van der Waals surface area contributed by atoms with Crippen molar-refractivity contribution in [1.82, 2.24) is 14.5 Å². The molecular weight excluding hydrogens is 929 g/mol. The zero-order chi connectivity index (χ0) is 50.4. The van der Waals surface area contributed by atoms with Crippen molar-refractivity contribution < 1.29 is 26.3 Å². The SMILES string of the molecule is N#Cc1ccccc1-c1ccc2c(c1)c1cc(-c3ccccc3C#N)ccc1n2-c1c(-c2ccccc2C(F)(F)F)cc(-c2nc(-c3ccccc3)cc(-c3ccccc3)n2)cc1-c1ccccc1C(F)(F)F. The van der Waals surface area contributed by atoms with E-state index >= 15 is 26.3 Å². The molecule has 0 radical (unpaired) electrons. The molecule has 0 aliphatic heterocycles. The van der Waals surface area contributed by atoms with E-state index in [2.05, 4.69) is 12.1 Å². The van der Waals surface area contributed by atoms with E-state index < -0.39 is 23.5 Å². The summed E-state index contributed by atoms with van der Waals surface area (Å²) in [7, 11) is 0. The van der Waals surface area contributed by atoms with E-state index in [9.17, 15) is 10.5 Å². The first-order valence-corrected chi connectivity index (χ1v) is 23.0. The topological polar surface area (TPSA) is 78.3 Å². The number of nitriles is 2. The molecule has 11 heteroatoms. The Bertz CT molecular complexity index is 3780. The largest absolute Gasteiger partial charge is 0.417 e. The molecule has 0 N–H and O–H groups in total. The van der Waals surface area contributed by atoms with Crippen LogP contribution in [0.4, 0.5) is 26.3 Å². The van der Waals surface area contributed by atoms with Crippen molar-refractivity contribution in [2.24, 2.45) is 0 Å². The maximum Gasteiger partial charge on any atom is 0.417 e. The Balaban J connectivity index is 1.32. The summed E-state index contributed by atoms with van der Waals surface area (Å²) in [6.07, 6.45) is -9.82. The second-order valence-electron chi connectivity index (χ2n) is 17.3. The molecule has 11 rings (SSSR count). The molecule has 9 aromatic carbocycles. The lowest BCUT2D eigenvalue weighted by molar-refractivity contribution is -0.137. The number of fused-ring (bicyclic) bond motifs is 3.